The maximum atomic E-state index is 12.0. The number of carboxylic acid groups (broad SMARTS) is 1. The number of amides is 2. The summed E-state index contributed by atoms with van der Waals surface area (Å²) in [6.45, 7) is 2.92. The van der Waals surface area contributed by atoms with Crippen LogP contribution in [0.1, 0.15) is 12.5 Å². The van der Waals surface area contributed by atoms with Gasteiger partial charge in [-0.15, -0.1) is 0 Å². The SMILES string of the molecule is COCCOc1ccccc1CNC(=O)N(C)CC(C)C(=O)O. The molecule has 2 amide bonds. The number of aliphatic carboxylic acids is 1. The molecular formula is C16H24N2O5. The third-order valence-electron chi connectivity index (χ3n) is 3.26. The van der Waals surface area contributed by atoms with Crippen molar-refractivity contribution in [3.05, 3.63) is 29.8 Å². The van der Waals surface area contributed by atoms with Gasteiger partial charge in [0.2, 0.25) is 0 Å². The predicted molar refractivity (Wildman–Crippen MR) is 85.5 cm³/mol. The molecule has 0 heterocycles. The molecule has 1 atom stereocenters. The van der Waals surface area contributed by atoms with Crippen molar-refractivity contribution in [3.63, 3.8) is 0 Å². The third kappa shape index (κ3) is 6.56. The van der Waals surface area contributed by atoms with E-state index in [4.69, 9.17) is 14.6 Å². The Bertz CT molecular complexity index is 521. The van der Waals surface area contributed by atoms with E-state index >= 15 is 0 Å². The van der Waals surface area contributed by atoms with Gasteiger partial charge in [0.1, 0.15) is 12.4 Å². The first-order chi connectivity index (χ1) is 11.0. The quantitative estimate of drug-likeness (QED) is 0.673. The average Bonchev–Trinajstić information content (AvgIpc) is 2.53. The summed E-state index contributed by atoms with van der Waals surface area (Å²) in [5.74, 6) is -0.858. The van der Waals surface area contributed by atoms with E-state index in [9.17, 15) is 9.59 Å². The lowest BCUT2D eigenvalue weighted by molar-refractivity contribution is -0.141. The van der Waals surface area contributed by atoms with Crippen LogP contribution >= 0.6 is 0 Å². The van der Waals surface area contributed by atoms with Gasteiger partial charge in [-0.2, -0.15) is 0 Å². The number of carbonyl (C=O) groups excluding carboxylic acids is 1. The zero-order chi connectivity index (χ0) is 17.2. The van der Waals surface area contributed by atoms with Gasteiger partial charge in [0.15, 0.2) is 0 Å². The standard InChI is InChI=1S/C16H24N2O5/c1-12(15(19)20)11-18(2)16(21)17-10-13-6-4-5-7-14(13)23-9-8-22-3/h4-7,12H,8-11H2,1-3H3,(H,17,21)(H,19,20). The Hall–Kier alpha value is -2.28. The number of carboxylic acids is 1. The molecule has 0 spiro atoms. The number of hydrogen-bond donors (Lipinski definition) is 2. The summed E-state index contributed by atoms with van der Waals surface area (Å²) >= 11 is 0. The summed E-state index contributed by atoms with van der Waals surface area (Å²) in [7, 11) is 3.17. The van der Waals surface area contributed by atoms with Crippen molar-refractivity contribution in [2.45, 2.75) is 13.5 Å². The minimum Gasteiger partial charge on any atom is -0.491 e. The topological polar surface area (TPSA) is 88.1 Å². The molecule has 0 aliphatic heterocycles. The zero-order valence-electron chi connectivity index (χ0n) is 13.7. The molecule has 128 valence electrons. The summed E-state index contributed by atoms with van der Waals surface area (Å²) in [6.07, 6.45) is 0. The molecule has 1 rings (SSSR count). The number of hydrogen-bond acceptors (Lipinski definition) is 4. The molecule has 1 unspecified atom stereocenters. The Balaban J connectivity index is 2.53. The fraction of sp³-hybridized carbons (Fsp3) is 0.500. The highest BCUT2D eigenvalue weighted by molar-refractivity contribution is 5.75. The van der Waals surface area contributed by atoms with E-state index in [1.165, 1.54) is 4.90 Å². The number of urea groups is 1. The second kappa shape index (κ2) is 9.68. The Morgan fingerprint density at radius 1 is 1.30 bits per heavy atom. The number of rotatable bonds is 9. The van der Waals surface area contributed by atoms with Gasteiger partial charge in [-0.1, -0.05) is 25.1 Å². The normalized spacial score (nSPS) is 11.6. The molecule has 0 fully saturated rings. The van der Waals surface area contributed by atoms with Crippen molar-refractivity contribution in [3.8, 4) is 5.75 Å². The third-order valence-corrected chi connectivity index (χ3v) is 3.26. The van der Waals surface area contributed by atoms with Crippen LogP contribution in [-0.4, -0.2) is 55.9 Å². The van der Waals surface area contributed by atoms with Crippen LogP contribution in [0.25, 0.3) is 0 Å². The van der Waals surface area contributed by atoms with Crippen molar-refractivity contribution in [1.29, 1.82) is 0 Å². The summed E-state index contributed by atoms with van der Waals surface area (Å²) in [4.78, 5) is 24.2. The number of nitrogens with one attached hydrogen (secondary N) is 1. The Kier molecular flexibility index (Phi) is 7.90. The lowest BCUT2D eigenvalue weighted by Gasteiger charge is -2.20. The van der Waals surface area contributed by atoms with Crippen LogP contribution in [0.3, 0.4) is 0 Å². The predicted octanol–water partition coefficient (Wildman–Crippen LogP) is 1.57. The van der Waals surface area contributed by atoms with Crippen LogP contribution in [0, 0.1) is 5.92 Å². The molecule has 1 aromatic carbocycles. The molecule has 0 aliphatic carbocycles. The van der Waals surface area contributed by atoms with E-state index < -0.39 is 11.9 Å². The molecular weight excluding hydrogens is 300 g/mol. The van der Waals surface area contributed by atoms with Crippen LogP contribution in [0.4, 0.5) is 4.79 Å². The Morgan fingerprint density at radius 2 is 2.00 bits per heavy atom. The number of para-hydroxylation sites is 1. The van der Waals surface area contributed by atoms with Crippen LogP contribution in [0.2, 0.25) is 0 Å². The van der Waals surface area contributed by atoms with E-state index in [0.717, 1.165) is 5.56 Å². The van der Waals surface area contributed by atoms with E-state index in [1.54, 1.807) is 21.1 Å². The number of ether oxygens (including phenoxy) is 2. The maximum absolute atomic E-state index is 12.0. The average molecular weight is 324 g/mol. The van der Waals surface area contributed by atoms with Gasteiger partial charge in [-0.3, -0.25) is 4.79 Å². The second-order valence-corrected chi connectivity index (χ2v) is 5.23. The highest BCUT2D eigenvalue weighted by Gasteiger charge is 2.17. The van der Waals surface area contributed by atoms with Gasteiger partial charge in [0.25, 0.3) is 0 Å². The first kappa shape index (κ1) is 18.8. The fourth-order valence-corrected chi connectivity index (χ4v) is 1.90. The van der Waals surface area contributed by atoms with Crippen molar-refractivity contribution < 1.29 is 24.2 Å². The highest BCUT2D eigenvalue weighted by Crippen LogP contribution is 2.17. The van der Waals surface area contributed by atoms with Gasteiger partial charge in [-0.05, 0) is 6.07 Å². The molecule has 7 nitrogen and oxygen atoms in total. The van der Waals surface area contributed by atoms with E-state index in [2.05, 4.69) is 5.32 Å². The summed E-state index contributed by atoms with van der Waals surface area (Å²) in [5.41, 5.74) is 0.844. The monoisotopic (exact) mass is 324 g/mol. The summed E-state index contributed by atoms with van der Waals surface area (Å²) in [5, 5.41) is 11.6. The smallest absolute Gasteiger partial charge is 0.317 e. The van der Waals surface area contributed by atoms with Crippen LogP contribution < -0.4 is 10.1 Å². The van der Waals surface area contributed by atoms with Crippen molar-refractivity contribution in [2.24, 2.45) is 5.92 Å². The molecule has 23 heavy (non-hydrogen) atoms. The maximum Gasteiger partial charge on any atom is 0.317 e. The van der Waals surface area contributed by atoms with E-state index in [1.807, 2.05) is 24.3 Å². The first-order valence-corrected chi connectivity index (χ1v) is 7.37. The molecule has 0 aliphatic rings. The molecule has 0 saturated heterocycles. The number of nitrogens with zero attached hydrogens (tertiary/aromatic N) is 1. The first-order valence-electron chi connectivity index (χ1n) is 7.37. The van der Waals surface area contributed by atoms with Gasteiger partial charge in [0, 0.05) is 32.8 Å². The second-order valence-electron chi connectivity index (χ2n) is 5.23. The van der Waals surface area contributed by atoms with Crippen LogP contribution in [0.5, 0.6) is 5.75 Å². The lowest BCUT2D eigenvalue weighted by Crippen LogP contribution is -2.40. The van der Waals surface area contributed by atoms with Crippen LogP contribution in [0.15, 0.2) is 24.3 Å². The highest BCUT2D eigenvalue weighted by atomic mass is 16.5. The van der Waals surface area contributed by atoms with E-state index in [0.29, 0.717) is 25.5 Å². The summed E-state index contributed by atoms with van der Waals surface area (Å²) < 4.78 is 10.5. The minimum absolute atomic E-state index is 0.146. The molecule has 0 aromatic heterocycles. The largest absolute Gasteiger partial charge is 0.491 e. The number of carbonyl (C=O) groups is 2. The number of methoxy groups -OCH3 is 1. The minimum atomic E-state index is -0.929. The van der Waals surface area contributed by atoms with Crippen molar-refractivity contribution in [2.75, 3.05) is 33.9 Å². The molecule has 7 heteroatoms. The van der Waals surface area contributed by atoms with E-state index in [-0.39, 0.29) is 12.6 Å². The molecule has 0 radical (unpaired) electrons. The van der Waals surface area contributed by atoms with Gasteiger partial charge >= 0.3 is 12.0 Å². The van der Waals surface area contributed by atoms with Gasteiger partial charge in [0.05, 0.1) is 12.5 Å². The molecule has 1 aromatic rings. The molecule has 0 bridgehead atoms. The van der Waals surface area contributed by atoms with Crippen LogP contribution in [-0.2, 0) is 16.1 Å². The lowest BCUT2D eigenvalue weighted by atomic mass is 10.2. The number of benzene rings is 1. The van der Waals surface area contributed by atoms with Crippen molar-refractivity contribution in [1.82, 2.24) is 10.2 Å². The van der Waals surface area contributed by atoms with Gasteiger partial charge < -0.3 is 24.8 Å². The Labute approximate surface area is 136 Å². The summed E-state index contributed by atoms with van der Waals surface area (Å²) in [6, 6.07) is 7.08. The van der Waals surface area contributed by atoms with Gasteiger partial charge in [-0.25, -0.2) is 4.79 Å². The van der Waals surface area contributed by atoms with Crippen molar-refractivity contribution >= 4 is 12.0 Å². The zero-order valence-corrected chi connectivity index (χ0v) is 13.7. The fourth-order valence-electron chi connectivity index (χ4n) is 1.90. The molecule has 0 saturated carbocycles. The Morgan fingerprint density at radius 3 is 2.65 bits per heavy atom. The molecule has 2 N–H and O–H groups in total.